The Balaban J connectivity index is 2.27. The van der Waals surface area contributed by atoms with Gasteiger partial charge in [0.05, 0.1) is 4.20 Å². The highest BCUT2D eigenvalue weighted by Gasteiger charge is 2.39. The maximum atomic E-state index is 5.74. The second kappa shape index (κ2) is 9.50. The molecule has 1 N–H and O–H groups in total. The minimum Gasteiger partial charge on any atom is -0.293 e. The van der Waals surface area contributed by atoms with Gasteiger partial charge in [0.25, 0.3) is 0 Å². The van der Waals surface area contributed by atoms with Crippen LogP contribution in [-0.2, 0) is 4.87 Å². The highest BCUT2D eigenvalue weighted by Crippen LogP contribution is 2.62. The van der Waals surface area contributed by atoms with Gasteiger partial charge >= 0.3 is 0 Å². The van der Waals surface area contributed by atoms with E-state index in [0.29, 0.717) is 0 Å². The number of thiocarbonyl (C=S) groups is 1. The van der Waals surface area contributed by atoms with Gasteiger partial charge in [0.1, 0.15) is 4.87 Å². The van der Waals surface area contributed by atoms with E-state index in [-0.39, 0.29) is 4.87 Å². The van der Waals surface area contributed by atoms with Crippen LogP contribution in [0.3, 0.4) is 0 Å². The molecule has 8 heteroatoms. The van der Waals surface area contributed by atoms with Gasteiger partial charge in [-0.2, -0.15) is 0 Å². The molecule has 0 unspecified atom stereocenters. The van der Waals surface area contributed by atoms with Crippen molar-refractivity contribution in [3.8, 4) is 0 Å². The number of rotatable bonds is 5. The van der Waals surface area contributed by atoms with Crippen molar-refractivity contribution in [2.75, 3.05) is 6.54 Å². The molecule has 1 saturated heterocycles. The number of unbranched alkanes of at least 4 members (excludes halogenated alkanes) is 1. The Hall–Kier alpha value is 1.37. The summed E-state index contributed by atoms with van der Waals surface area (Å²) >= 11 is 5.74. The van der Waals surface area contributed by atoms with Crippen LogP contribution in [0, 0.1) is 0 Å². The molecule has 110 valence electrons. The summed E-state index contributed by atoms with van der Waals surface area (Å²) in [6, 6.07) is 10.6. The average Bonchev–Trinajstić information content (AvgIpc) is 2.47. The molecule has 0 radical (unpaired) electrons. The maximum Gasteiger partial charge on any atom is 0.144 e. The Kier molecular flexibility index (Phi) is 8.41. The number of benzene rings is 1. The summed E-state index contributed by atoms with van der Waals surface area (Å²) in [7, 11) is 10.7. The second-order valence-electron chi connectivity index (χ2n) is 4.05. The zero-order valence-electron chi connectivity index (χ0n) is 10.9. The second-order valence-corrected chi connectivity index (χ2v) is 14.2. The SMILES string of the molecule is CCCCN[C@]1(c2ccccc2)SSSSSSC1=S. The number of hydrogen-bond donors (Lipinski definition) is 1. The zero-order valence-corrected chi connectivity index (χ0v) is 16.6. The van der Waals surface area contributed by atoms with Gasteiger partial charge < -0.3 is 0 Å². The van der Waals surface area contributed by atoms with E-state index in [2.05, 4.69) is 42.6 Å². The molecule has 0 amide bonds. The third-order valence-corrected chi connectivity index (χ3v) is 14.8. The van der Waals surface area contributed by atoms with Crippen LogP contribution in [0.4, 0.5) is 0 Å². The van der Waals surface area contributed by atoms with E-state index in [1.807, 2.05) is 10.8 Å². The smallest absolute Gasteiger partial charge is 0.144 e. The lowest BCUT2D eigenvalue weighted by Crippen LogP contribution is -2.44. The van der Waals surface area contributed by atoms with Gasteiger partial charge in [0.2, 0.25) is 0 Å². The van der Waals surface area contributed by atoms with Crippen molar-refractivity contribution < 1.29 is 0 Å². The van der Waals surface area contributed by atoms with E-state index in [4.69, 9.17) is 12.2 Å². The molecule has 0 bridgehead atoms. The fourth-order valence-corrected chi connectivity index (χ4v) is 15.2. The van der Waals surface area contributed by atoms with E-state index in [0.717, 1.165) is 10.7 Å². The quantitative estimate of drug-likeness (QED) is 0.337. The van der Waals surface area contributed by atoms with Crippen LogP contribution < -0.4 is 5.32 Å². The molecule has 1 aromatic carbocycles. The topological polar surface area (TPSA) is 12.0 Å². The summed E-state index contributed by atoms with van der Waals surface area (Å²) in [6.45, 7) is 3.20. The van der Waals surface area contributed by atoms with Crippen molar-refractivity contribution in [2.45, 2.75) is 24.6 Å². The summed E-state index contributed by atoms with van der Waals surface area (Å²) in [4.78, 5) is -0.276. The van der Waals surface area contributed by atoms with Gasteiger partial charge in [-0.25, -0.2) is 0 Å². The molecule has 0 spiro atoms. The van der Waals surface area contributed by atoms with Gasteiger partial charge in [-0.3, -0.25) is 5.32 Å². The standard InChI is InChI=1S/C12H15NS7/c1-2-3-9-13-12(10-7-5-4-6-8-10)11(14)15-17-19-20-18-16-12/h4-8,13H,2-3,9H2,1H3/t12-/m1/s1. The van der Waals surface area contributed by atoms with E-state index in [1.165, 1.54) is 18.4 Å². The first-order valence-electron chi connectivity index (χ1n) is 6.17. The van der Waals surface area contributed by atoms with Crippen molar-refractivity contribution in [1.82, 2.24) is 5.32 Å². The minimum atomic E-state index is -0.276. The van der Waals surface area contributed by atoms with Crippen molar-refractivity contribution in [1.29, 1.82) is 0 Å². The molecule has 1 aliphatic heterocycles. The molecule has 1 fully saturated rings. The van der Waals surface area contributed by atoms with Crippen LogP contribution >= 0.6 is 73.1 Å². The lowest BCUT2D eigenvalue weighted by Gasteiger charge is -2.35. The first-order valence-corrected chi connectivity index (χ1v) is 14.1. The van der Waals surface area contributed by atoms with Gasteiger partial charge in [0, 0.05) is 0 Å². The van der Waals surface area contributed by atoms with E-state index in [9.17, 15) is 0 Å². The third kappa shape index (κ3) is 4.68. The molecule has 1 atom stereocenters. The molecule has 1 nitrogen and oxygen atoms in total. The zero-order chi connectivity index (χ0) is 14.3. The monoisotopic (exact) mass is 397 g/mol. The Morgan fingerprint density at radius 2 is 1.85 bits per heavy atom. The van der Waals surface area contributed by atoms with Gasteiger partial charge in [-0.05, 0) is 79.4 Å². The highest BCUT2D eigenvalue weighted by atomic mass is 33.9. The molecule has 20 heavy (non-hydrogen) atoms. The van der Waals surface area contributed by atoms with Crippen LogP contribution in [0.1, 0.15) is 25.3 Å². The molecule has 0 aliphatic carbocycles. The lowest BCUT2D eigenvalue weighted by atomic mass is 10.1. The molecule has 2 rings (SSSR count). The summed E-state index contributed by atoms with van der Waals surface area (Å²) in [5.41, 5.74) is 1.25. The van der Waals surface area contributed by atoms with Gasteiger partial charge in [0.15, 0.2) is 0 Å². The first-order chi connectivity index (χ1) is 9.79. The van der Waals surface area contributed by atoms with Crippen molar-refractivity contribution in [3.05, 3.63) is 35.9 Å². The summed E-state index contributed by atoms with van der Waals surface area (Å²) < 4.78 is 1.01. The molecule has 1 aromatic rings. The van der Waals surface area contributed by atoms with Crippen molar-refractivity contribution in [2.24, 2.45) is 0 Å². The first kappa shape index (κ1) is 17.7. The average molecular weight is 398 g/mol. The van der Waals surface area contributed by atoms with Crippen LogP contribution in [-0.4, -0.2) is 10.7 Å². The van der Waals surface area contributed by atoms with E-state index in [1.54, 1.807) is 50.1 Å². The third-order valence-electron chi connectivity index (χ3n) is 2.72. The van der Waals surface area contributed by atoms with Crippen LogP contribution in [0.15, 0.2) is 30.3 Å². The Labute approximate surface area is 148 Å². The maximum absolute atomic E-state index is 5.74. The predicted octanol–water partition coefficient (Wildman–Crippen LogP) is 6.54. The van der Waals surface area contributed by atoms with Crippen LogP contribution in [0.25, 0.3) is 0 Å². The van der Waals surface area contributed by atoms with E-state index >= 15 is 0 Å². The Morgan fingerprint density at radius 3 is 2.60 bits per heavy atom. The van der Waals surface area contributed by atoms with Crippen molar-refractivity contribution >= 4 is 77.3 Å². The fourth-order valence-electron chi connectivity index (χ4n) is 1.71. The summed E-state index contributed by atoms with van der Waals surface area (Å²) in [5, 5.41) is 3.71. The number of nitrogens with one attached hydrogen (secondary N) is 1. The van der Waals surface area contributed by atoms with Gasteiger partial charge in [-0.15, -0.1) is 0 Å². The normalized spacial score (nSPS) is 24.1. The molecule has 1 aliphatic rings. The number of hydrogen-bond acceptors (Lipinski definition) is 8. The molecular weight excluding hydrogens is 383 g/mol. The summed E-state index contributed by atoms with van der Waals surface area (Å²) in [5.74, 6) is 0. The Bertz CT molecular complexity index is 427. The van der Waals surface area contributed by atoms with Crippen LogP contribution in [0.2, 0.25) is 0 Å². The highest BCUT2D eigenvalue weighted by molar-refractivity contribution is 9.43. The summed E-state index contributed by atoms with van der Waals surface area (Å²) in [6.07, 6.45) is 2.36. The van der Waals surface area contributed by atoms with Gasteiger partial charge in [-0.1, -0.05) is 55.9 Å². The molecule has 0 saturated carbocycles. The Morgan fingerprint density at radius 1 is 1.10 bits per heavy atom. The van der Waals surface area contributed by atoms with Crippen molar-refractivity contribution in [3.63, 3.8) is 0 Å². The molecular formula is C12H15NS7. The lowest BCUT2D eigenvalue weighted by molar-refractivity contribution is 0.585. The predicted molar refractivity (Wildman–Crippen MR) is 109 cm³/mol. The largest absolute Gasteiger partial charge is 0.293 e. The molecule has 1 heterocycles. The van der Waals surface area contributed by atoms with Crippen LogP contribution in [0.5, 0.6) is 0 Å². The minimum absolute atomic E-state index is 0.276. The molecule has 0 aromatic heterocycles. The van der Waals surface area contributed by atoms with E-state index < -0.39 is 0 Å². The fraction of sp³-hybridized carbons (Fsp3) is 0.417.